The van der Waals surface area contributed by atoms with Gasteiger partial charge in [0.05, 0.1) is 17.6 Å². The number of nitrogens with zero attached hydrogens (tertiary/aromatic N) is 3. The second-order valence-corrected chi connectivity index (χ2v) is 4.86. The van der Waals surface area contributed by atoms with E-state index in [0.717, 1.165) is 26.2 Å². The average Bonchev–Trinajstić information content (AvgIpc) is 2.28. The quantitative estimate of drug-likeness (QED) is 0.788. The average molecular weight is 233 g/mol. The number of rotatable bonds is 2. The molecule has 2 heterocycles. The van der Waals surface area contributed by atoms with E-state index in [0.29, 0.717) is 11.9 Å². The van der Waals surface area contributed by atoms with E-state index in [1.807, 2.05) is 6.20 Å². The highest BCUT2D eigenvalue weighted by atomic mass is 15.2. The minimum atomic E-state index is 0.408. The molecular formula is C12H19N5. The summed E-state index contributed by atoms with van der Waals surface area (Å²) in [6, 6.07) is 0. The molecule has 3 N–H and O–H groups in total. The van der Waals surface area contributed by atoms with Crippen LogP contribution in [-0.2, 0) is 0 Å². The summed E-state index contributed by atoms with van der Waals surface area (Å²) < 4.78 is 0. The fraction of sp³-hybridized carbons (Fsp3) is 0.667. The van der Waals surface area contributed by atoms with E-state index in [2.05, 4.69) is 20.2 Å². The first-order chi connectivity index (χ1) is 8.34. The van der Waals surface area contributed by atoms with E-state index in [1.165, 1.54) is 30.6 Å². The van der Waals surface area contributed by atoms with E-state index < -0.39 is 0 Å². The maximum atomic E-state index is 5.72. The Hall–Kier alpha value is -1.36. The molecule has 0 atom stereocenters. The molecule has 2 fully saturated rings. The van der Waals surface area contributed by atoms with Gasteiger partial charge in [0, 0.05) is 32.1 Å². The van der Waals surface area contributed by atoms with Crippen molar-refractivity contribution in [1.29, 1.82) is 0 Å². The molecule has 3 rings (SSSR count). The second kappa shape index (κ2) is 4.49. The summed E-state index contributed by atoms with van der Waals surface area (Å²) in [4.78, 5) is 11.0. The van der Waals surface area contributed by atoms with Gasteiger partial charge in [0.25, 0.3) is 0 Å². The fourth-order valence-corrected chi connectivity index (χ4v) is 2.53. The first-order valence-electron chi connectivity index (χ1n) is 6.42. The largest absolute Gasteiger partial charge is 0.368 e. The van der Waals surface area contributed by atoms with Gasteiger partial charge in [-0.2, -0.15) is 0 Å². The van der Waals surface area contributed by atoms with Gasteiger partial charge in [-0.05, 0) is 12.8 Å². The van der Waals surface area contributed by atoms with Gasteiger partial charge in [-0.1, -0.05) is 6.42 Å². The highest BCUT2D eigenvalue weighted by molar-refractivity contribution is 5.53. The standard InChI is InChI=1S/C12H19N5/c13-12-15-8-10(17-6-4-14-5-7-17)11(16-12)9-2-1-3-9/h8-9,14H,1-7H2,(H2,13,15,16). The Balaban J connectivity index is 1.90. The van der Waals surface area contributed by atoms with Crippen molar-refractivity contribution in [1.82, 2.24) is 15.3 Å². The van der Waals surface area contributed by atoms with Crippen LogP contribution < -0.4 is 16.0 Å². The molecule has 5 nitrogen and oxygen atoms in total. The minimum absolute atomic E-state index is 0.408. The minimum Gasteiger partial charge on any atom is -0.368 e. The van der Waals surface area contributed by atoms with Crippen LogP contribution in [0.4, 0.5) is 11.6 Å². The molecule has 1 aromatic heterocycles. The van der Waals surface area contributed by atoms with Gasteiger partial charge in [0.15, 0.2) is 0 Å². The van der Waals surface area contributed by atoms with Crippen LogP contribution in [-0.4, -0.2) is 36.1 Å². The molecule has 1 saturated heterocycles. The SMILES string of the molecule is Nc1ncc(N2CCNCC2)c(C2CCC2)n1. The van der Waals surface area contributed by atoms with Gasteiger partial charge in [-0.25, -0.2) is 9.97 Å². The predicted molar refractivity (Wildman–Crippen MR) is 68.1 cm³/mol. The van der Waals surface area contributed by atoms with Crippen molar-refractivity contribution in [2.45, 2.75) is 25.2 Å². The summed E-state index contributed by atoms with van der Waals surface area (Å²) in [6.45, 7) is 4.14. The highest BCUT2D eigenvalue weighted by Gasteiger charge is 2.26. The molecule has 1 saturated carbocycles. The van der Waals surface area contributed by atoms with Crippen molar-refractivity contribution in [3.8, 4) is 0 Å². The van der Waals surface area contributed by atoms with Crippen molar-refractivity contribution in [3.63, 3.8) is 0 Å². The van der Waals surface area contributed by atoms with Crippen LogP contribution in [0.1, 0.15) is 30.9 Å². The number of anilines is 2. The van der Waals surface area contributed by atoms with E-state index in [4.69, 9.17) is 5.73 Å². The molecule has 5 heteroatoms. The normalized spacial score (nSPS) is 21.3. The Kier molecular flexibility index (Phi) is 2.84. The molecule has 2 aliphatic rings. The van der Waals surface area contributed by atoms with Crippen LogP contribution >= 0.6 is 0 Å². The van der Waals surface area contributed by atoms with Crippen molar-refractivity contribution in [3.05, 3.63) is 11.9 Å². The number of piperazine rings is 1. The lowest BCUT2D eigenvalue weighted by atomic mass is 9.82. The second-order valence-electron chi connectivity index (χ2n) is 4.86. The van der Waals surface area contributed by atoms with Crippen molar-refractivity contribution in [2.75, 3.05) is 36.8 Å². The van der Waals surface area contributed by atoms with Crippen LogP contribution in [0.25, 0.3) is 0 Å². The molecule has 0 unspecified atom stereocenters. The third kappa shape index (κ3) is 2.07. The van der Waals surface area contributed by atoms with Gasteiger partial charge in [0.1, 0.15) is 0 Å². The lowest BCUT2D eigenvalue weighted by Gasteiger charge is -2.34. The maximum absolute atomic E-state index is 5.72. The van der Waals surface area contributed by atoms with Gasteiger partial charge < -0.3 is 16.0 Å². The van der Waals surface area contributed by atoms with E-state index in [-0.39, 0.29) is 0 Å². The van der Waals surface area contributed by atoms with Crippen molar-refractivity contribution in [2.24, 2.45) is 0 Å². The van der Waals surface area contributed by atoms with Crippen LogP contribution in [0.15, 0.2) is 6.20 Å². The number of aromatic nitrogens is 2. The lowest BCUT2D eigenvalue weighted by Crippen LogP contribution is -2.44. The van der Waals surface area contributed by atoms with Gasteiger partial charge in [-0.15, -0.1) is 0 Å². The summed E-state index contributed by atoms with van der Waals surface area (Å²) >= 11 is 0. The van der Waals surface area contributed by atoms with Gasteiger partial charge in [0.2, 0.25) is 5.95 Å². The first-order valence-corrected chi connectivity index (χ1v) is 6.42. The Morgan fingerprint density at radius 3 is 2.71 bits per heavy atom. The Morgan fingerprint density at radius 1 is 1.29 bits per heavy atom. The molecule has 0 radical (unpaired) electrons. The van der Waals surface area contributed by atoms with E-state index in [9.17, 15) is 0 Å². The first kappa shape index (κ1) is 10.8. The molecule has 1 aliphatic heterocycles. The number of hydrogen-bond donors (Lipinski definition) is 2. The summed E-state index contributed by atoms with van der Waals surface area (Å²) in [7, 11) is 0. The topological polar surface area (TPSA) is 67.1 Å². The predicted octanol–water partition coefficient (Wildman–Crippen LogP) is 0.736. The molecular weight excluding hydrogens is 214 g/mol. The molecule has 0 amide bonds. The maximum Gasteiger partial charge on any atom is 0.220 e. The molecule has 17 heavy (non-hydrogen) atoms. The summed E-state index contributed by atoms with van der Waals surface area (Å²) in [5, 5.41) is 3.37. The number of hydrogen-bond acceptors (Lipinski definition) is 5. The van der Waals surface area contributed by atoms with E-state index >= 15 is 0 Å². The van der Waals surface area contributed by atoms with Crippen LogP contribution in [0, 0.1) is 0 Å². The lowest BCUT2D eigenvalue weighted by molar-refractivity contribution is 0.410. The van der Waals surface area contributed by atoms with Crippen LogP contribution in [0.3, 0.4) is 0 Å². The Bertz CT molecular complexity index is 396. The molecule has 0 spiro atoms. The third-order valence-electron chi connectivity index (χ3n) is 3.77. The Labute approximate surface area is 101 Å². The van der Waals surface area contributed by atoms with E-state index in [1.54, 1.807) is 0 Å². The zero-order valence-electron chi connectivity index (χ0n) is 10.0. The van der Waals surface area contributed by atoms with Crippen molar-refractivity contribution < 1.29 is 0 Å². The zero-order chi connectivity index (χ0) is 11.7. The fourth-order valence-electron chi connectivity index (χ4n) is 2.53. The number of nitrogens with one attached hydrogen (secondary N) is 1. The van der Waals surface area contributed by atoms with Crippen molar-refractivity contribution >= 4 is 11.6 Å². The Morgan fingerprint density at radius 2 is 2.06 bits per heavy atom. The summed E-state index contributed by atoms with van der Waals surface area (Å²) in [6.07, 6.45) is 5.71. The molecule has 1 aromatic rings. The van der Waals surface area contributed by atoms with Gasteiger partial charge in [-0.3, -0.25) is 0 Å². The van der Waals surface area contributed by atoms with Crippen LogP contribution in [0.5, 0.6) is 0 Å². The van der Waals surface area contributed by atoms with Gasteiger partial charge >= 0.3 is 0 Å². The molecule has 0 aromatic carbocycles. The number of nitrogen functional groups attached to an aromatic ring is 1. The third-order valence-corrected chi connectivity index (χ3v) is 3.77. The number of nitrogens with two attached hydrogens (primary N) is 1. The molecule has 0 bridgehead atoms. The highest BCUT2D eigenvalue weighted by Crippen LogP contribution is 2.39. The molecule has 92 valence electrons. The molecule has 1 aliphatic carbocycles. The zero-order valence-corrected chi connectivity index (χ0v) is 10.0. The monoisotopic (exact) mass is 233 g/mol. The summed E-state index contributed by atoms with van der Waals surface area (Å²) in [5.74, 6) is 1.01. The smallest absolute Gasteiger partial charge is 0.220 e. The summed E-state index contributed by atoms with van der Waals surface area (Å²) in [5.41, 5.74) is 8.09. The van der Waals surface area contributed by atoms with Crippen LogP contribution in [0.2, 0.25) is 0 Å².